The Morgan fingerprint density at radius 1 is 1.35 bits per heavy atom. The van der Waals surface area contributed by atoms with Crippen LogP contribution in [0.1, 0.15) is 25.5 Å². The maximum absolute atomic E-state index is 11.4. The second-order valence-electron chi connectivity index (χ2n) is 5.28. The van der Waals surface area contributed by atoms with Gasteiger partial charge < -0.3 is 5.32 Å². The monoisotopic (exact) mass is 291 g/mol. The highest BCUT2D eigenvalue weighted by atomic mass is 32.2. The van der Waals surface area contributed by atoms with E-state index in [0.29, 0.717) is 6.04 Å². The highest BCUT2D eigenvalue weighted by Crippen LogP contribution is 2.19. The molecule has 20 heavy (non-hydrogen) atoms. The lowest BCUT2D eigenvalue weighted by molar-refractivity contribution is 0.470. The summed E-state index contributed by atoms with van der Waals surface area (Å²) >= 11 is 0. The first kappa shape index (κ1) is 13.8. The first-order valence-electron chi connectivity index (χ1n) is 7.30. The molecule has 108 valence electrons. The number of hydrogen-bond donors (Lipinski definition) is 1. The first-order chi connectivity index (χ1) is 9.78. The van der Waals surface area contributed by atoms with Crippen molar-refractivity contribution in [1.82, 2.24) is 15.1 Å². The van der Waals surface area contributed by atoms with E-state index in [0.717, 1.165) is 43.1 Å². The second-order valence-corrected chi connectivity index (χ2v) is 6.98. The number of hydrogen-bond acceptors (Lipinski definition) is 3. The number of para-hydroxylation sites is 1. The zero-order valence-corrected chi connectivity index (χ0v) is 12.7. The van der Waals surface area contributed by atoms with Crippen LogP contribution in [-0.4, -0.2) is 31.5 Å². The van der Waals surface area contributed by atoms with Gasteiger partial charge in [0, 0.05) is 46.8 Å². The molecular formula is C15H21N3OS. The number of aryl methyl sites for hydroxylation is 1. The van der Waals surface area contributed by atoms with Gasteiger partial charge in [-0.25, -0.2) is 0 Å². The Labute approximate surface area is 122 Å². The van der Waals surface area contributed by atoms with Crippen LogP contribution >= 0.6 is 0 Å². The predicted molar refractivity (Wildman–Crippen MR) is 83.1 cm³/mol. The summed E-state index contributed by atoms with van der Waals surface area (Å²) in [7, 11) is -0.588. The van der Waals surface area contributed by atoms with E-state index in [9.17, 15) is 4.21 Å². The van der Waals surface area contributed by atoms with E-state index in [1.54, 1.807) is 0 Å². The Bertz CT molecular complexity index is 613. The fraction of sp³-hybridized carbons (Fsp3) is 0.533. The topological polar surface area (TPSA) is 46.9 Å². The van der Waals surface area contributed by atoms with Crippen LogP contribution in [0.2, 0.25) is 0 Å². The van der Waals surface area contributed by atoms with E-state index in [2.05, 4.69) is 41.2 Å². The molecular weight excluding hydrogens is 270 g/mol. The van der Waals surface area contributed by atoms with Crippen molar-refractivity contribution in [3.05, 3.63) is 30.0 Å². The van der Waals surface area contributed by atoms with Crippen molar-refractivity contribution in [2.24, 2.45) is 0 Å². The van der Waals surface area contributed by atoms with Gasteiger partial charge in [-0.15, -0.1) is 0 Å². The molecule has 0 bridgehead atoms. The number of nitrogens with zero attached hydrogens (tertiary/aromatic N) is 2. The third kappa shape index (κ3) is 2.79. The van der Waals surface area contributed by atoms with Crippen LogP contribution < -0.4 is 5.32 Å². The zero-order valence-electron chi connectivity index (χ0n) is 11.8. The molecule has 1 aliphatic rings. The smallest absolute Gasteiger partial charge is 0.0841 e. The molecule has 1 fully saturated rings. The summed E-state index contributed by atoms with van der Waals surface area (Å²) in [6, 6.07) is 8.87. The van der Waals surface area contributed by atoms with Crippen LogP contribution in [0, 0.1) is 0 Å². The fourth-order valence-corrected chi connectivity index (χ4v) is 4.11. The van der Waals surface area contributed by atoms with Gasteiger partial charge >= 0.3 is 0 Å². The molecule has 0 aliphatic carbocycles. The van der Waals surface area contributed by atoms with E-state index >= 15 is 0 Å². The maximum atomic E-state index is 11.4. The Morgan fingerprint density at radius 3 is 2.85 bits per heavy atom. The van der Waals surface area contributed by atoms with Gasteiger partial charge in [0.05, 0.1) is 11.2 Å². The van der Waals surface area contributed by atoms with Gasteiger partial charge in [0.2, 0.25) is 0 Å². The Kier molecular flexibility index (Phi) is 4.17. The summed E-state index contributed by atoms with van der Waals surface area (Å²) in [6.07, 6.45) is 2.03. The first-order valence-corrected chi connectivity index (χ1v) is 8.79. The summed E-state index contributed by atoms with van der Waals surface area (Å²) in [4.78, 5) is 0. The Morgan fingerprint density at radius 2 is 2.10 bits per heavy atom. The fourth-order valence-electron chi connectivity index (χ4n) is 2.81. The van der Waals surface area contributed by atoms with Gasteiger partial charge in [-0.3, -0.25) is 8.89 Å². The normalized spacial score (nSPS) is 23.2. The van der Waals surface area contributed by atoms with Crippen molar-refractivity contribution in [1.29, 1.82) is 0 Å². The van der Waals surface area contributed by atoms with Gasteiger partial charge in [-0.2, -0.15) is 5.10 Å². The molecule has 1 N–H and O–H groups in total. The van der Waals surface area contributed by atoms with Crippen molar-refractivity contribution in [2.75, 3.05) is 11.5 Å². The van der Waals surface area contributed by atoms with Crippen molar-refractivity contribution >= 4 is 21.7 Å². The predicted octanol–water partition coefficient (Wildman–Crippen LogP) is 2.06. The lowest BCUT2D eigenvalue weighted by Gasteiger charge is -2.22. The summed E-state index contributed by atoms with van der Waals surface area (Å²) in [5.74, 6) is 1.67. The minimum absolute atomic E-state index is 0.484. The maximum Gasteiger partial charge on any atom is 0.0841 e. The van der Waals surface area contributed by atoms with Crippen LogP contribution in [0.25, 0.3) is 10.9 Å². The van der Waals surface area contributed by atoms with Crippen LogP contribution in [0.3, 0.4) is 0 Å². The molecule has 1 aromatic heterocycles. The van der Waals surface area contributed by atoms with E-state index in [1.807, 2.05) is 0 Å². The van der Waals surface area contributed by atoms with Gasteiger partial charge in [-0.1, -0.05) is 18.2 Å². The van der Waals surface area contributed by atoms with Crippen molar-refractivity contribution < 1.29 is 4.21 Å². The van der Waals surface area contributed by atoms with Gasteiger partial charge in [-0.05, 0) is 25.8 Å². The molecule has 3 rings (SSSR count). The van der Waals surface area contributed by atoms with E-state index < -0.39 is 10.8 Å². The quantitative estimate of drug-likeness (QED) is 0.938. The molecule has 0 atom stereocenters. The van der Waals surface area contributed by atoms with Crippen LogP contribution in [-0.2, 0) is 23.9 Å². The van der Waals surface area contributed by atoms with Crippen LogP contribution in [0.15, 0.2) is 24.3 Å². The SMILES string of the molecule is CCn1nc(CNC2CCS(=O)CC2)c2ccccc21. The molecule has 4 nitrogen and oxygen atoms in total. The molecule has 2 heterocycles. The van der Waals surface area contributed by atoms with E-state index in [1.165, 1.54) is 10.9 Å². The molecule has 5 heteroatoms. The average Bonchev–Trinajstić information content (AvgIpc) is 2.85. The Hall–Kier alpha value is -1.20. The molecule has 0 radical (unpaired) electrons. The Balaban J connectivity index is 1.73. The molecule has 0 saturated carbocycles. The molecule has 0 spiro atoms. The highest BCUT2D eigenvalue weighted by Gasteiger charge is 2.18. The summed E-state index contributed by atoms with van der Waals surface area (Å²) in [6.45, 7) is 3.81. The number of rotatable bonds is 4. The number of nitrogens with one attached hydrogen (secondary N) is 1. The summed E-state index contributed by atoms with van der Waals surface area (Å²) < 4.78 is 13.4. The van der Waals surface area contributed by atoms with E-state index in [-0.39, 0.29) is 0 Å². The number of benzene rings is 1. The van der Waals surface area contributed by atoms with Crippen molar-refractivity contribution in [3.8, 4) is 0 Å². The molecule has 1 aromatic carbocycles. The average molecular weight is 291 g/mol. The molecule has 0 unspecified atom stereocenters. The summed E-state index contributed by atoms with van der Waals surface area (Å²) in [5, 5.41) is 9.52. The third-order valence-electron chi connectivity index (χ3n) is 3.98. The molecule has 1 saturated heterocycles. The minimum atomic E-state index is -0.588. The van der Waals surface area contributed by atoms with Crippen LogP contribution in [0.4, 0.5) is 0 Å². The second kappa shape index (κ2) is 6.06. The van der Waals surface area contributed by atoms with Crippen molar-refractivity contribution in [2.45, 2.75) is 38.9 Å². The number of fused-ring (bicyclic) bond motifs is 1. The van der Waals surface area contributed by atoms with E-state index in [4.69, 9.17) is 5.10 Å². The lowest BCUT2D eigenvalue weighted by atomic mass is 10.1. The standard InChI is InChI=1S/C15H21N3OS/c1-2-18-15-6-4-3-5-13(15)14(17-18)11-16-12-7-9-20(19)10-8-12/h3-6,12,16H,2,7-11H2,1H3. The molecule has 2 aromatic rings. The minimum Gasteiger partial charge on any atom is -0.308 e. The van der Waals surface area contributed by atoms with Gasteiger partial charge in [0.15, 0.2) is 0 Å². The van der Waals surface area contributed by atoms with Gasteiger partial charge in [0.1, 0.15) is 0 Å². The summed E-state index contributed by atoms with van der Waals surface area (Å²) in [5.41, 5.74) is 2.32. The zero-order chi connectivity index (χ0) is 13.9. The molecule has 0 amide bonds. The number of aromatic nitrogens is 2. The van der Waals surface area contributed by atoms with Crippen LogP contribution in [0.5, 0.6) is 0 Å². The lowest BCUT2D eigenvalue weighted by Crippen LogP contribution is -2.35. The molecule has 1 aliphatic heterocycles. The highest BCUT2D eigenvalue weighted by molar-refractivity contribution is 7.85. The third-order valence-corrected chi connectivity index (χ3v) is 5.36. The largest absolute Gasteiger partial charge is 0.308 e. The van der Waals surface area contributed by atoms with Crippen molar-refractivity contribution in [3.63, 3.8) is 0 Å². The van der Waals surface area contributed by atoms with Gasteiger partial charge in [0.25, 0.3) is 0 Å².